The molecule has 6 nitrogen and oxygen atoms in total. The third-order valence-electron chi connectivity index (χ3n) is 4.25. The molecule has 0 bridgehead atoms. The van der Waals surface area contributed by atoms with Gasteiger partial charge in [-0.2, -0.15) is 0 Å². The summed E-state index contributed by atoms with van der Waals surface area (Å²) >= 11 is 18.3. The van der Waals surface area contributed by atoms with Crippen LogP contribution in [-0.4, -0.2) is 33.6 Å². The molecule has 0 saturated carbocycles. The van der Waals surface area contributed by atoms with Crippen LogP contribution >= 0.6 is 34.8 Å². The van der Waals surface area contributed by atoms with Crippen LogP contribution in [0, 0.1) is 0 Å². The minimum absolute atomic E-state index is 0.282. The summed E-state index contributed by atoms with van der Waals surface area (Å²) in [6, 6.07) is 6.60. The second-order valence-corrected chi connectivity index (χ2v) is 8.17. The van der Waals surface area contributed by atoms with Gasteiger partial charge in [0.2, 0.25) is 0 Å². The molecule has 0 saturated heterocycles. The molecule has 0 spiro atoms. The predicted molar refractivity (Wildman–Crippen MR) is 122 cm³/mol. The van der Waals surface area contributed by atoms with Crippen molar-refractivity contribution in [2.75, 3.05) is 11.9 Å². The number of hydrogen-bond donors (Lipinski definition) is 4. The van der Waals surface area contributed by atoms with Gasteiger partial charge in [0.1, 0.15) is 11.5 Å². The molecule has 2 aromatic heterocycles. The fourth-order valence-corrected chi connectivity index (χ4v) is 3.67. The highest BCUT2D eigenvalue weighted by atomic mass is 35.5. The third-order valence-corrected chi connectivity index (χ3v) is 4.98. The zero-order valence-corrected chi connectivity index (χ0v) is 18.5. The van der Waals surface area contributed by atoms with Crippen molar-refractivity contribution in [2.45, 2.75) is 25.9 Å². The van der Waals surface area contributed by atoms with Crippen molar-refractivity contribution in [1.82, 2.24) is 15.3 Å². The van der Waals surface area contributed by atoms with Gasteiger partial charge in [-0.25, -0.2) is 4.98 Å². The second kappa shape index (κ2) is 9.71. The number of pyridine rings is 1. The minimum Gasteiger partial charge on any atom is -0.394 e. The Balaban J connectivity index is 1.81. The van der Waals surface area contributed by atoms with Gasteiger partial charge in [0, 0.05) is 39.6 Å². The van der Waals surface area contributed by atoms with Crippen LogP contribution in [0.2, 0.25) is 15.1 Å². The topological polar surface area (TPSA) is 90.0 Å². The van der Waals surface area contributed by atoms with E-state index >= 15 is 0 Å². The molecule has 2 heterocycles. The van der Waals surface area contributed by atoms with Crippen molar-refractivity contribution in [3.8, 4) is 11.1 Å². The summed E-state index contributed by atoms with van der Waals surface area (Å²) in [5.74, 6) is 0.0713. The first-order valence-electron chi connectivity index (χ1n) is 9.56. The van der Waals surface area contributed by atoms with Gasteiger partial charge in [0.25, 0.3) is 5.91 Å². The Morgan fingerprint density at radius 1 is 1.20 bits per heavy atom. The van der Waals surface area contributed by atoms with Gasteiger partial charge in [0.05, 0.1) is 19.0 Å². The molecule has 0 aliphatic carbocycles. The average Bonchev–Trinajstić information content (AvgIpc) is 3.15. The number of benzene rings is 1. The molecule has 0 unspecified atom stereocenters. The smallest absolute Gasteiger partial charge is 0.268 e. The van der Waals surface area contributed by atoms with E-state index in [1.54, 1.807) is 50.4 Å². The Morgan fingerprint density at radius 3 is 2.53 bits per heavy atom. The largest absolute Gasteiger partial charge is 0.394 e. The minimum atomic E-state index is -0.913. The summed E-state index contributed by atoms with van der Waals surface area (Å²) in [4.78, 5) is 19.8. The maximum atomic E-state index is 12.7. The van der Waals surface area contributed by atoms with Crippen LogP contribution in [0.1, 0.15) is 37.3 Å². The monoisotopic (exact) mass is 467 g/mol. The second-order valence-electron chi connectivity index (χ2n) is 6.89. The highest BCUT2D eigenvalue weighted by Crippen LogP contribution is 2.30. The van der Waals surface area contributed by atoms with Gasteiger partial charge >= 0.3 is 0 Å². The number of hydrogen-bond acceptors (Lipinski definition) is 4. The molecule has 3 rings (SSSR count). The maximum absolute atomic E-state index is 12.7. The molecule has 9 heteroatoms. The van der Waals surface area contributed by atoms with Gasteiger partial charge < -0.3 is 20.7 Å². The number of aliphatic hydroxyl groups is 1. The Hall–Kier alpha value is -2.25. The van der Waals surface area contributed by atoms with Gasteiger partial charge in [-0.05, 0) is 49.7 Å². The van der Waals surface area contributed by atoms with E-state index in [0.717, 1.165) is 0 Å². The van der Waals surface area contributed by atoms with Crippen LogP contribution in [0.25, 0.3) is 11.1 Å². The molecule has 30 heavy (non-hydrogen) atoms. The molecule has 4 N–H and O–H groups in total. The number of H-pyrrole nitrogens is 1. The van der Waals surface area contributed by atoms with Crippen LogP contribution in [-0.2, 0) is 0 Å². The van der Waals surface area contributed by atoms with Crippen LogP contribution in [0.4, 0.5) is 5.82 Å². The van der Waals surface area contributed by atoms with Gasteiger partial charge in [-0.1, -0.05) is 34.8 Å². The van der Waals surface area contributed by atoms with E-state index in [2.05, 4.69) is 20.6 Å². The molecular weight excluding hydrogens is 447 g/mol. The summed E-state index contributed by atoms with van der Waals surface area (Å²) in [5, 5.41) is 16.7. The Kier molecular flexibility index (Phi) is 6.79. The third kappa shape index (κ3) is 5.46. The number of rotatable bonds is 7. The van der Waals surface area contributed by atoms with E-state index < -0.39 is 18.0 Å². The number of nitrogens with zero attached hydrogens (tertiary/aromatic N) is 1. The highest BCUT2D eigenvalue weighted by molar-refractivity contribution is 6.34. The summed E-state index contributed by atoms with van der Waals surface area (Å²) in [6.45, 7) is 3.07. The predicted octanol–water partition coefficient (Wildman–Crippen LogP) is 5.32. The van der Waals surface area contributed by atoms with Crippen molar-refractivity contribution >= 4 is 46.5 Å². The van der Waals surface area contributed by atoms with E-state index in [1.165, 1.54) is 6.20 Å². The number of aliphatic hydroxyl groups excluding tert-OH is 1. The van der Waals surface area contributed by atoms with Crippen LogP contribution in [0.3, 0.4) is 0 Å². The van der Waals surface area contributed by atoms with Crippen molar-refractivity contribution in [2.24, 2.45) is 0 Å². The molecule has 1 atom stereocenters. The standard InChI is InChI=1S/C21H21Cl3N4O2/c1-11(2)27-20-7-16(17(24)9-26-20)13-5-18(25-8-13)21(30)28-19(10-29)12-3-14(22)6-15(23)4-12/h3-9,11,19,25,29H,10H2,1-2H3,(H,26,27)(H,28,30)/t19-/m1/s1/i11D. The van der Waals surface area contributed by atoms with Crippen molar-refractivity contribution < 1.29 is 11.3 Å². The number of aromatic nitrogens is 2. The van der Waals surface area contributed by atoms with Crippen LogP contribution < -0.4 is 10.6 Å². The van der Waals surface area contributed by atoms with E-state index in [-0.39, 0.29) is 12.3 Å². The summed E-state index contributed by atoms with van der Waals surface area (Å²) in [6.07, 6.45) is 3.14. The lowest BCUT2D eigenvalue weighted by Gasteiger charge is -2.17. The Morgan fingerprint density at radius 2 is 1.90 bits per heavy atom. The lowest BCUT2D eigenvalue weighted by atomic mass is 10.1. The van der Waals surface area contributed by atoms with Crippen LogP contribution in [0.15, 0.2) is 42.7 Å². The average molecular weight is 469 g/mol. The first kappa shape index (κ1) is 21.0. The fraction of sp³-hybridized carbons (Fsp3) is 0.238. The Labute approximate surface area is 191 Å². The van der Waals surface area contributed by atoms with E-state index in [9.17, 15) is 9.90 Å². The zero-order valence-electron chi connectivity index (χ0n) is 17.3. The molecule has 0 aliphatic rings. The van der Waals surface area contributed by atoms with Crippen LogP contribution in [0.5, 0.6) is 0 Å². The van der Waals surface area contributed by atoms with Gasteiger partial charge in [-0.3, -0.25) is 4.79 Å². The SMILES string of the molecule is [2H]C(C)(C)Nc1cc(-c2c[nH]c(C(=O)N[C@H](CO)c3cc(Cl)cc(Cl)c3)c2)c(Cl)cn1. The number of carbonyl (C=O) groups excluding carboxylic acids is 1. The van der Waals surface area contributed by atoms with Gasteiger partial charge in [-0.15, -0.1) is 0 Å². The molecule has 1 aromatic carbocycles. The molecule has 158 valence electrons. The maximum Gasteiger partial charge on any atom is 0.268 e. The summed E-state index contributed by atoms with van der Waals surface area (Å²) in [7, 11) is 0. The van der Waals surface area contributed by atoms with E-state index in [0.29, 0.717) is 37.6 Å². The number of carbonyl (C=O) groups is 1. The first-order chi connectivity index (χ1) is 14.6. The number of amides is 1. The quantitative estimate of drug-likeness (QED) is 0.378. The highest BCUT2D eigenvalue weighted by Gasteiger charge is 2.18. The van der Waals surface area contributed by atoms with Crippen molar-refractivity contribution in [3.05, 3.63) is 69.1 Å². The molecule has 0 radical (unpaired) electrons. The van der Waals surface area contributed by atoms with E-state index in [4.69, 9.17) is 36.2 Å². The lowest BCUT2D eigenvalue weighted by Crippen LogP contribution is -2.31. The number of aromatic amines is 1. The van der Waals surface area contributed by atoms with Crippen molar-refractivity contribution in [3.63, 3.8) is 0 Å². The summed E-state index contributed by atoms with van der Waals surface area (Å²) in [5.41, 5.74) is 2.20. The molecular formula is C21H21Cl3N4O2. The molecule has 0 aliphatic heterocycles. The first-order valence-corrected chi connectivity index (χ1v) is 10.2. The van der Waals surface area contributed by atoms with Gasteiger partial charge in [0.15, 0.2) is 0 Å². The molecule has 0 fully saturated rings. The molecule has 1 amide bonds. The number of nitrogens with one attached hydrogen (secondary N) is 3. The normalized spacial score (nSPS) is 12.9. The summed E-state index contributed by atoms with van der Waals surface area (Å²) < 4.78 is 7.96. The Bertz CT molecular complexity index is 1080. The zero-order chi connectivity index (χ0) is 22.8. The number of anilines is 1. The van der Waals surface area contributed by atoms with E-state index in [1.807, 2.05) is 0 Å². The fourth-order valence-electron chi connectivity index (χ4n) is 2.91. The van der Waals surface area contributed by atoms with Crippen molar-refractivity contribution in [1.29, 1.82) is 0 Å². The lowest BCUT2D eigenvalue weighted by molar-refractivity contribution is 0.0911. The molecule has 3 aromatic rings. The number of halogens is 3.